The van der Waals surface area contributed by atoms with Crippen LogP contribution in [0.4, 0.5) is 10.7 Å². The van der Waals surface area contributed by atoms with Crippen molar-refractivity contribution >= 4 is 39.7 Å². The van der Waals surface area contributed by atoms with E-state index in [-0.39, 0.29) is 11.2 Å². The Bertz CT molecular complexity index is 1100. The molecule has 2 unspecified atom stereocenters. The number of hydrogen-bond donors (Lipinski definition) is 2. The molecule has 0 saturated carbocycles. The van der Waals surface area contributed by atoms with Crippen LogP contribution >= 0.6 is 23.1 Å². The maximum atomic E-state index is 13.0. The van der Waals surface area contributed by atoms with Crippen molar-refractivity contribution in [2.45, 2.75) is 48.7 Å². The predicted molar refractivity (Wildman–Crippen MR) is 130 cm³/mol. The van der Waals surface area contributed by atoms with Crippen molar-refractivity contribution in [3.05, 3.63) is 76.2 Å². The molecule has 6 heteroatoms. The third-order valence-electron chi connectivity index (χ3n) is 5.71. The molecule has 158 valence electrons. The van der Waals surface area contributed by atoms with Crippen LogP contribution in [0.3, 0.4) is 0 Å². The van der Waals surface area contributed by atoms with Crippen LogP contribution in [0.5, 0.6) is 0 Å². The number of rotatable bonds is 6. The van der Waals surface area contributed by atoms with Gasteiger partial charge in [-0.25, -0.2) is 0 Å². The Kier molecular flexibility index (Phi) is 6.64. The summed E-state index contributed by atoms with van der Waals surface area (Å²) in [4.78, 5) is 15.3. The summed E-state index contributed by atoms with van der Waals surface area (Å²) in [6, 6.07) is 20.5. The summed E-state index contributed by atoms with van der Waals surface area (Å²) in [5.41, 5.74) is 9.58. The minimum atomic E-state index is -0.230. The molecule has 1 aliphatic carbocycles. The van der Waals surface area contributed by atoms with E-state index in [1.54, 1.807) is 11.3 Å². The molecule has 31 heavy (non-hydrogen) atoms. The molecule has 1 aromatic heterocycles. The Balaban J connectivity index is 1.51. The highest BCUT2D eigenvalue weighted by molar-refractivity contribution is 8.00. The molecule has 1 aliphatic rings. The normalized spacial score (nSPS) is 16.2. The maximum absolute atomic E-state index is 13.0. The van der Waals surface area contributed by atoms with Gasteiger partial charge in [0.2, 0.25) is 5.91 Å². The molecule has 3 aromatic rings. The zero-order chi connectivity index (χ0) is 21.8. The zero-order valence-electron chi connectivity index (χ0n) is 17.4. The van der Waals surface area contributed by atoms with E-state index in [0.29, 0.717) is 28.6 Å². The van der Waals surface area contributed by atoms with E-state index in [0.717, 1.165) is 29.7 Å². The minimum Gasteiger partial charge on any atom is -0.399 e. The van der Waals surface area contributed by atoms with Crippen LogP contribution in [0.15, 0.2) is 59.5 Å². The number of nitrogen functional groups attached to an aromatic ring is 1. The molecule has 2 atom stereocenters. The Labute approximate surface area is 191 Å². The van der Waals surface area contributed by atoms with E-state index in [9.17, 15) is 10.1 Å². The fourth-order valence-electron chi connectivity index (χ4n) is 4.03. The van der Waals surface area contributed by atoms with Crippen LogP contribution in [0.2, 0.25) is 0 Å². The number of nitrogens with one attached hydrogen (secondary N) is 1. The predicted octanol–water partition coefficient (Wildman–Crippen LogP) is 5.98. The summed E-state index contributed by atoms with van der Waals surface area (Å²) in [7, 11) is 0. The van der Waals surface area contributed by atoms with Crippen molar-refractivity contribution in [1.29, 1.82) is 5.26 Å². The first-order valence-electron chi connectivity index (χ1n) is 10.5. The van der Waals surface area contributed by atoms with E-state index >= 15 is 0 Å². The van der Waals surface area contributed by atoms with Gasteiger partial charge in [0.05, 0.1) is 10.8 Å². The summed E-state index contributed by atoms with van der Waals surface area (Å²) in [6.45, 7) is 2.00. The number of amides is 1. The number of nitriles is 1. The highest BCUT2D eigenvalue weighted by atomic mass is 32.2. The average molecular weight is 448 g/mol. The zero-order valence-corrected chi connectivity index (χ0v) is 19.1. The fourth-order valence-corrected chi connectivity index (χ4v) is 6.26. The summed E-state index contributed by atoms with van der Waals surface area (Å²) in [5.74, 6) is 0.408. The van der Waals surface area contributed by atoms with Crippen LogP contribution in [-0.4, -0.2) is 11.2 Å². The lowest BCUT2D eigenvalue weighted by Crippen LogP contribution is -2.24. The highest BCUT2D eigenvalue weighted by Crippen LogP contribution is 2.42. The molecule has 1 amide bonds. The van der Waals surface area contributed by atoms with Gasteiger partial charge in [0.15, 0.2) is 0 Å². The Morgan fingerprint density at radius 1 is 1.26 bits per heavy atom. The molecular weight excluding hydrogens is 422 g/mol. The lowest BCUT2D eigenvalue weighted by molar-refractivity contribution is -0.115. The first-order chi connectivity index (χ1) is 15.1. The Morgan fingerprint density at radius 2 is 2.00 bits per heavy atom. The van der Waals surface area contributed by atoms with E-state index in [1.807, 2.05) is 37.3 Å². The lowest BCUT2D eigenvalue weighted by Gasteiger charge is -2.22. The molecule has 2 aromatic carbocycles. The number of anilines is 2. The van der Waals surface area contributed by atoms with Crippen LogP contribution in [0.25, 0.3) is 0 Å². The average Bonchev–Trinajstić information content (AvgIpc) is 3.15. The topological polar surface area (TPSA) is 78.9 Å². The first kappa shape index (κ1) is 21.5. The minimum absolute atomic E-state index is 0.0565. The number of benzene rings is 2. The molecule has 4 nitrogen and oxygen atoms in total. The summed E-state index contributed by atoms with van der Waals surface area (Å²) in [5, 5.41) is 13.3. The first-order valence-corrected chi connectivity index (χ1v) is 12.2. The number of nitrogens with two attached hydrogens (primary N) is 1. The van der Waals surface area contributed by atoms with Gasteiger partial charge in [-0.15, -0.1) is 23.1 Å². The van der Waals surface area contributed by atoms with Crippen LogP contribution < -0.4 is 11.1 Å². The third kappa shape index (κ3) is 4.79. The summed E-state index contributed by atoms with van der Waals surface area (Å²) >= 11 is 3.09. The number of hydrogen-bond acceptors (Lipinski definition) is 5. The monoisotopic (exact) mass is 447 g/mol. The van der Waals surface area contributed by atoms with Gasteiger partial charge in [-0.05, 0) is 67.0 Å². The van der Waals surface area contributed by atoms with Gasteiger partial charge in [-0.3, -0.25) is 4.79 Å². The number of thiophene rings is 1. The smallest absolute Gasteiger partial charge is 0.238 e. The van der Waals surface area contributed by atoms with Gasteiger partial charge in [-0.1, -0.05) is 37.3 Å². The van der Waals surface area contributed by atoms with Gasteiger partial charge in [-0.2, -0.15) is 5.26 Å². The van der Waals surface area contributed by atoms with Crippen molar-refractivity contribution in [3.63, 3.8) is 0 Å². The fraction of sp³-hybridized carbons (Fsp3) is 0.280. The number of carbonyl (C=O) groups excluding carboxylic acids is 1. The highest BCUT2D eigenvalue weighted by Gasteiger charge is 2.28. The molecule has 0 spiro atoms. The van der Waals surface area contributed by atoms with Gasteiger partial charge in [0.1, 0.15) is 11.1 Å². The Morgan fingerprint density at radius 3 is 2.68 bits per heavy atom. The molecule has 0 aliphatic heterocycles. The quantitative estimate of drug-likeness (QED) is 0.360. The summed E-state index contributed by atoms with van der Waals surface area (Å²) < 4.78 is 0. The number of carbonyl (C=O) groups is 1. The second kappa shape index (κ2) is 9.59. The second-order valence-corrected chi connectivity index (χ2v) is 10.1. The molecule has 0 fully saturated rings. The van der Waals surface area contributed by atoms with E-state index in [2.05, 4.69) is 35.7 Å². The molecule has 0 bridgehead atoms. The van der Waals surface area contributed by atoms with Crippen LogP contribution in [0.1, 0.15) is 47.3 Å². The Hall–Kier alpha value is -2.75. The van der Waals surface area contributed by atoms with E-state index in [4.69, 9.17) is 5.73 Å². The number of thioether (sulfide) groups is 1. The van der Waals surface area contributed by atoms with Crippen molar-refractivity contribution in [2.24, 2.45) is 0 Å². The maximum Gasteiger partial charge on any atom is 0.238 e. The van der Waals surface area contributed by atoms with Crippen molar-refractivity contribution in [3.8, 4) is 6.07 Å². The molecule has 3 N–H and O–H groups in total. The molecule has 1 heterocycles. The number of fused-ring (bicyclic) bond motifs is 1. The van der Waals surface area contributed by atoms with Crippen molar-refractivity contribution in [2.75, 3.05) is 11.1 Å². The van der Waals surface area contributed by atoms with Gasteiger partial charge < -0.3 is 11.1 Å². The van der Waals surface area contributed by atoms with Gasteiger partial charge in [0, 0.05) is 15.5 Å². The van der Waals surface area contributed by atoms with E-state index < -0.39 is 0 Å². The van der Waals surface area contributed by atoms with Crippen molar-refractivity contribution < 1.29 is 4.79 Å². The largest absolute Gasteiger partial charge is 0.399 e. The molecule has 0 radical (unpaired) electrons. The second-order valence-electron chi connectivity index (χ2n) is 7.74. The third-order valence-corrected chi connectivity index (χ3v) is 8.25. The molecule has 0 saturated heterocycles. The van der Waals surface area contributed by atoms with Crippen molar-refractivity contribution in [1.82, 2.24) is 0 Å². The standard InChI is InChI=1S/C25H25N3OS2/c1-2-22(30-19-11-9-18(27)10-12-19)24(29)28-25-21(15-26)20-13-8-17(14-23(20)31-25)16-6-4-3-5-7-16/h3-7,9-12,17,22H,2,8,13-14,27H2,1H3,(H,28,29). The van der Waals surface area contributed by atoms with Crippen LogP contribution in [0, 0.1) is 11.3 Å². The summed E-state index contributed by atoms with van der Waals surface area (Å²) in [6.07, 6.45) is 3.53. The van der Waals surface area contributed by atoms with Crippen LogP contribution in [-0.2, 0) is 17.6 Å². The van der Waals surface area contributed by atoms with Gasteiger partial charge >= 0.3 is 0 Å². The SMILES string of the molecule is CCC(Sc1ccc(N)cc1)C(=O)Nc1sc2c(c1C#N)CCC(c1ccccc1)C2. The van der Waals surface area contributed by atoms with Gasteiger partial charge in [0.25, 0.3) is 0 Å². The van der Waals surface area contributed by atoms with E-state index in [1.165, 1.54) is 22.2 Å². The molecular formula is C25H25N3OS2. The lowest BCUT2D eigenvalue weighted by atomic mass is 9.83. The molecule has 4 rings (SSSR count). The number of nitrogens with zero attached hydrogens (tertiary/aromatic N) is 1.